The van der Waals surface area contributed by atoms with E-state index in [9.17, 15) is 23.2 Å². The van der Waals surface area contributed by atoms with Crippen molar-refractivity contribution in [2.45, 2.75) is 31.4 Å². The van der Waals surface area contributed by atoms with Crippen molar-refractivity contribution in [1.29, 1.82) is 0 Å². The molecular weight excluding hydrogens is 524 g/mol. The molecule has 0 aliphatic carbocycles. The van der Waals surface area contributed by atoms with Gasteiger partial charge < -0.3 is 24.3 Å². The zero-order valence-electron chi connectivity index (χ0n) is 21.6. The third kappa shape index (κ3) is 4.44. The Bertz CT molecular complexity index is 1710. The summed E-state index contributed by atoms with van der Waals surface area (Å²) in [5.74, 6) is -4.39. The molecule has 2 amide bonds. The summed E-state index contributed by atoms with van der Waals surface area (Å²) in [4.78, 5) is 39.0. The topological polar surface area (TPSA) is 108 Å². The number of anilines is 1. The van der Waals surface area contributed by atoms with Gasteiger partial charge in [0.2, 0.25) is 11.5 Å². The molecule has 4 aromatic rings. The van der Waals surface area contributed by atoms with E-state index in [0.29, 0.717) is 54.0 Å². The number of aromatic nitrogens is 3. The van der Waals surface area contributed by atoms with Crippen LogP contribution in [0.25, 0.3) is 16.6 Å². The molecule has 1 N–H and O–H groups in total. The summed E-state index contributed by atoms with van der Waals surface area (Å²) in [6.07, 6.45) is 3.14. The number of ether oxygens (including phenoxy) is 2. The van der Waals surface area contributed by atoms with Crippen molar-refractivity contribution in [2.24, 2.45) is 7.05 Å². The third-order valence-corrected chi connectivity index (χ3v) is 7.09. The fourth-order valence-corrected chi connectivity index (χ4v) is 5.17. The van der Waals surface area contributed by atoms with Gasteiger partial charge >= 0.3 is 5.92 Å². The number of nitrogens with one attached hydrogen (secondary N) is 1. The number of aryl methyl sites for hydroxylation is 1. The summed E-state index contributed by atoms with van der Waals surface area (Å²) in [5.41, 5.74) is 2.38. The van der Waals surface area contributed by atoms with Gasteiger partial charge in [0.15, 0.2) is 11.5 Å². The highest BCUT2D eigenvalue weighted by Crippen LogP contribution is 2.42. The van der Waals surface area contributed by atoms with Gasteiger partial charge in [-0.25, -0.2) is 4.68 Å². The molecular formula is C28H25F2N5O5. The molecule has 2 aromatic heterocycles. The lowest BCUT2D eigenvalue weighted by Gasteiger charge is -2.30. The quantitative estimate of drug-likeness (QED) is 0.410. The van der Waals surface area contributed by atoms with Gasteiger partial charge in [0.25, 0.3) is 5.91 Å². The Morgan fingerprint density at radius 1 is 1.02 bits per heavy atom. The number of benzene rings is 2. The van der Waals surface area contributed by atoms with Gasteiger partial charge in [-0.15, -0.1) is 0 Å². The third-order valence-electron chi connectivity index (χ3n) is 7.09. The van der Waals surface area contributed by atoms with Crippen LogP contribution in [-0.2, 0) is 16.6 Å². The van der Waals surface area contributed by atoms with Gasteiger partial charge in [0.1, 0.15) is 13.2 Å². The number of alkyl halides is 2. The number of nitrogens with zero attached hydrogens (tertiary/aromatic N) is 4. The van der Waals surface area contributed by atoms with Crippen molar-refractivity contribution in [1.82, 2.24) is 19.7 Å². The van der Waals surface area contributed by atoms with Crippen molar-refractivity contribution in [3.63, 3.8) is 0 Å². The molecule has 1 saturated heterocycles. The van der Waals surface area contributed by atoms with Crippen LogP contribution in [0.4, 0.5) is 14.5 Å². The smallest absolute Gasteiger partial charge is 0.321 e. The molecule has 0 unspecified atom stereocenters. The number of pyridine rings is 1. The Hall–Kier alpha value is -4.74. The number of hydrogen-bond acceptors (Lipinski definition) is 6. The molecule has 2 aromatic carbocycles. The first-order valence-electron chi connectivity index (χ1n) is 12.7. The molecule has 0 bridgehead atoms. The molecule has 10 nitrogen and oxygen atoms in total. The van der Waals surface area contributed by atoms with Crippen molar-refractivity contribution >= 4 is 28.4 Å². The minimum Gasteiger partial charge on any atom is -0.486 e. The Labute approximate surface area is 226 Å². The maximum absolute atomic E-state index is 13.8. The monoisotopic (exact) mass is 549 g/mol. The lowest BCUT2D eigenvalue weighted by molar-refractivity contribution is -0.143. The van der Waals surface area contributed by atoms with Gasteiger partial charge in [0.05, 0.1) is 29.5 Å². The Balaban J connectivity index is 1.41. The first-order valence-corrected chi connectivity index (χ1v) is 12.7. The van der Waals surface area contributed by atoms with Crippen molar-refractivity contribution in [2.75, 3.05) is 18.1 Å². The lowest BCUT2D eigenvalue weighted by Crippen LogP contribution is -2.46. The van der Waals surface area contributed by atoms with Crippen LogP contribution >= 0.6 is 0 Å². The van der Waals surface area contributed by atoms with E-state index in [1.807, 2.05) is 0 Å². The van der Waals surface area contributed by atoms with E-state index >= 15 is 0 Å². The minimum absolute atomic E-state index is 0.150. The average Bonchev–Trinajstić information content (AvgIpc) is 3.49. The van der Waals surface area contributed by atoms with Gasteiger partial charge in [-0.2, -0.15) is 13.9 Å². The summed E-state index contributed by atoms with van der Waals surface area (Å²) >= 11 is 0. The standard InChI is InChI=1S/C28H25F2N5O5/c1-28(29,30)27(38)32-20-13-25(37)34(26(20)16-3-7-22-23(12-16)40-10-9-39-22)18-4-6-21-17(11-18)14-31-35(21)19-5-8-24(36)33(2)15-19/h3-8,11-12,14-15,20,26H,9-10,13H2,1-2H3,(H,32,38)/t20-,26+/m0/s1. The van der Waals surface area contributed by atoms with E-state index in [2.05, 4.69) is 10.4 Å². The first-order chi connectivity index (χ1) is 19.1. The first kappa shape index (κ1) is 25.5. The van der Waals surface area contributed by atoms with Crippen LogP contribution < -0.4 is 25.2 Å². The SMILES string of the molecule is Cn1cc(-n2ncc3cc(N4C(=O)C[C@H](NC(=O)C(C)(F)F)[C@H]4c4ccc5c(c4)OCCO5)ccc32)ccc1=O. The molecule has 0 spiro atoms. The molecule has 0 radical (unpaired) electrons. The molecule has 0 saturated carbocycles. The number of fused-ring (bicyclic) bond motifs is 2. The van der Waals surface area contributed by atoms with E-state index in [1.54, 1.807) is 66.6 Å². The molecule has 1 fully saturated rings. The highest BCUT2D eigenvalue weighted by atomic mass is 19.3. The van der Waals surface area contributed by atoms with Crippen molar-refractivity contribution in [3.05, 3.63) is 76.8 Å². The van der Waals surface area contributed by atoms with E-state index in [-0.39, 0.29) is 17.9 Å². The maximum Gasteiger partial charge on any atom is 0.321 e. The molecule has 4 heterocycles. The zero-order chi connectivity index (χ0) is 28.2. The number of rotatable bonds is 5. The minimum atomic E-state index is -3.61. The summed E-state index contributed by atoms with van der Waals surface area (Å²) in [6.45, 7) is 1.27. The van der Waals surface area contributed by atoms with Gasteiger partial charge in [0, 0.05) is 43.7 Å². The van der Waals surface area contributed by atoms with Crippen LogP contribution in [0.3, 0.4) is 0 Å². The fourth-order valence-electron chi connectivity index (χ4n) is 5.17. The predicted molar refractivity (Wildman–Crippen MR) is 141 cm³/mol. The second-order valence-corrected chi connectivity index (χ2v) is 9.92. The molecule has 2 atom stereocenters. The highest BCUT2D eigenvalue weighted by Gasteiger charge is 2.45. The number of hydrogen-bond donors (Lipinski definition) is 1. The van der Waals surface area contributed by atoms with E-state index in [0.717, 1.165) is 5.52 Å². The summed E-state index contributed by atoms with van der Waals surface area (Å²) in [6, 6.07) is 11.9. The Morgan fingerprint density at radius 2 is 1.77 bits per heavy atom. The van der Waals surface area contributed by atoms with E-state index in [1.165, 1.54) is 15.5 Å². The maximum atomic E-state index is 13.8. The average molecular weight is 550 g/mol. The van der Waals surface area contributed by atoms with Gasteiger partial charge in [-0.3, -0.25) is 14.4 Å². The van der Waals surface area contributed by atoms with Crippen LogP contribution in [0.15, 0.2) is 65.7 Å². The molecule has 12 heteroatoms. The van der Waals surface area contributed by atoms with Crippen LogP contribution in [0.5, 0.6) is 11.5 Å². The van der Waals surface area contributed by atoms with Crippen molar-refractivity contribution < 1.29 is 27.8 Å². The Kier molecular flexibility index (Phi) is 6.05. The van der Waals surface area contributed by atoms with Crippen LogP contribution in [0, 0.1) is 0 Å². The second-order valence-electron chi connectivity index (χ2n) is 9.92. The normalized spacial score (nSPS) is 18.8. The second kappa shape index (κ2) is 9.47. The molecule has 2 aliphatic rings. The fraction of sp³-hybridized carbons (Fsp3) is 0.286. The van der Waals surface area contributed by atoms with Crippen LogP contribution in [0.2, 0.25) is 0 Å². The summed E-state index contributed by atoms with van der Waals surface area (Å²) in [5, 5.41) is 7.55. The lowest BCUT2D eigenvalue weighted by atomic mass is 9.98. The van der Waals surface area contributed by atoms with E-state index in [4.69, 9.17) is 9.47 Å². The summed E-state index contributed by atoms with van der Waals surface area (Å²) in [7, 11) is 1.65. The molecule has 6 rings (SSSR count). The summed E-state index contributed by atoms with van der Waals surface area (Å²) < 4.78 is 42.1. The van der Waals surface area contributed by atoms with E-state index < -0.39 is 23.9 Å². The number of carbonyl (C=O) groups is 2. The number of carbonyl (C=O) groups excluding carboxylic acids is 2. The van der Waals surface area contributed by atoms with Crippen LogP contribution in [0.1, 0.15) is 24.9 Å². The Morgan fingerprint density at radius 3 is 2.52 bits per heavy atom. The van der Waals surface area contributed by atoms with Crippen molar-refractivity contribution in [3.8, 4) is 17.2 Å². The highest BCUT2D eigenvalue weighted by molar-refractivity contribution is 6.00. The predicted octanol–water partition coefficient (Wildman–Crippen LogP) is 3.11. The van der Waals surface area contributed by atoms with Crippen LogP contribution in [-0.4, -0.2) is 51.3 Å². The molecule has 2 aliphatic heterocycles. The number of halogens is 2. The van der Waals surface area contributed by atoms with Gasteiger partial charge in [-0.05, 0) is 42.0 Å². The molecule has 206 valence electrons. The zero-order valence-corrected chi connectivity index (χ0v) is 21.6. The number of amides is 2. The largest absolute Gasteiger partial charge is 0.486 e. The molecule has 40 heavy (non-hydrogen) atoms. The van der Waals surface area contributed by atoms with Gasteiger partial charge in [-0.1, -0.05) is 6.07 Å².